The summed E-state index contributed by atoms with van der Waals surface area (Å²) in [5.74, 6) is -0.149. The van der Waals surface area contributed by atoms with E-state index in [0.29, 0.717) is 36.1 Å². The zero-order valence-electron chi connectivity index (χ0n) is 20.6. The van der Waals surface area contributed by atoms with Crippen molar-refractivity contribution in [3.8, 4) is 11.3 Å². The molecule has 3 heterocycles. The van der Waals surface area contributed by atoms with Crippen molar-refractivity contribution < 1.29 is 9.31 Å². The Hall–Kier alpha value is -3.64. The number of aromatic nitrogens is 4. The minimum Gasteiger partial charge on any atom is -0.367 e. The van der Waals surface area contributed by atoms with Gasteiger partial charge >= 0.3 is 5.69 Å². The summed E-state index contributed by atoms with van der Waals surface area (Å²) in [6, 6.07) is 5.03. The summed E-state index contributed by atoms with van der Waals surface area (Å²) >= 11 is 6.00. The van der Waals surface area contributed by atoms with Crippen molar-refractivity contribution in [2.24, 2.45) is 0 Å². The number of nitrogens with zero attached hydrogens (tertiary/aromatic N) is 8. The molecule has 0 aliphatic carbocycles. The molecule has 0 spiro atoms. The molecule has 1 saturated heterocycles. The van der Waals surface area contributed by atoms with Gasteiger partial charge in [0, 0.05) is 51.0 Å². The molecule has 0 unspecified atom stereocenters. The van der Waals surface area contributed by atoms with E-state index in [9.17, 15) is 10.1 Å². The summed E-state index contributed by atoms with van der Waals surface area (Å²) in [6.07, 6.45) is 2.69. The van der Waals surface area contributed by atoms with E-state index in [1.54, 1.807) is 37.3 Å². The van der Waals surface area contributed by atoms with E-state index in [-0.39, 0.29) is 28.6 Å². The van der Waals surface area contributed by atoms with Crippen molar-refractivity contribution >= 4 is 40.4 Å². The zero-order valence-corrected chi connectivity index (χ0v) is 21.4. The lowest BCUT2D eigenvalue weighted by Gasteiger charge is -2.44. The minimum atomic E-state index is -0.650. The highest BCUT2D eigenvalue weighted by Gasteiger charge is 2.30. The molecular formula is C23H27ClFN9O2. The molecule has 0 saturated carbocycles. The number of nitrogens with one attached hydrogen (secondary N) is 1. The number of hydrogen-bond acceptors (Lipinski definition) is 10. The summed E-state index contributed by atoms with van der Waals surface area (Å²) < 4.78 is 15.6. The van der Waals surface area contributed by atoms with Crippen LogP contribution in [0.1, 0.15) is 13.8 Å². The quantitative estimate of drug-likeness (QED) is 0.293. The first-order chi connectivity index (χ1) is 17.1. The molecule has 0 amide bonds. The van der Waals surface area contributed by atoms with Crippen molar-refractivity contribution in [3.05, 3.63) is 51.8 Å². The predicted molar refractivity (Wildman–Crippen MR) is 138 cm³/mol. The van der Waals surface area contributed by atoms with Crippen LogP contribution in [0.25, 0.3) is 11.3 Å². The fourth-order valence-electron chi connectivity index (χ4n) is 4.17. The van der Waals surface area contributed by atoms with Gasteiger partial charge in [-0.1, -0.05) is 11.6 Å². The normalized spacial score (nSPS) is 18.2. The smallest absolute Gasteiger partial charge is 0.348 e. The molecule has 1 aliphatic heterocycles. The monoisotopic (exact) mass is 515 g/mol. The Morgan fingerprint density at radius 1 is 1.19 bits per heavy atom. The molecule has 190 valence electrons. The summed E-state index contributed by atoms with van der Waals surface area (Å²) in [5.41, 5.74) is 1.10. The van der Waals surface area contributed by atoms with Crippen LogP contribution in [0.5, 0.6) is 0 Å². The van der Waals surface area contributed by atoms with E-state index >= 15 is 4.39 Å². The van der Waals surface area contributed by atoms with Crippen LogP contribution in [0.2, 0.25) is 5.15 Å². The first-order valence-corrected chi connectivity index (χ1v) is 11.7. The Morgan fingerprint density at radius 2 is 1.89 bits per heavy atom. The highest BCUT2D eigenvalue weighted by molar-refractivity contribution is 6.31. The van der Waals surface area contributed by atoms with E-state index in [2.05, 4.69) is 55.9 Å². The van der Waals surface area contributed by atoms with E-state index in [1.165, 1.54) is 6.07 Å². The van der Waals surface area contributed by atoms with Gasteiger partial charge in [-0.15, -0.1) is 0 Å². The summed E-state index contributed by atoms with van der Waals surface area (Å²) in [7, 11) is 5.64. The highest BCUT2D eigenvalue weighted by Crippen LogP contribution is 2.39. The van der Waals surface area contributed by atoms with Crippen LogP contribution < -0.4 is 15.1 Å². The molecule has 1 aliphatic rings. The van der Waals surface area contributed by atoms with Crippen molar-refractivity contribution in [1.82, 2.24) is 24.8 Å². The van der Waals surface area contributed by atoms with Crippen LogP contribution in [-0.4, -0.2) is 76.1 Å². The first kappa shape index (κ1) is 25.5. The third kappa shape index (κ3) is 5.00. The maximum absolute atomic E-state index is 15.6. The Bertz CT molecular complexity index is 1280. The molecule has 13 heteroatoms. The number of nitro groups is 1. The van der Waals surface area contributed by atoms with Crippen LogP contribution in [0.3, 0.4) is 0 Å². The van der Waals surface area contributed by atoms with Gasteiger partial charge in [0.15, 0.2) is 0 Å². The second kappa shape index (κ2) is 10.2. The van der Waals surface area contributed by atoms with Gasteiger partial charge in [0.1, 0.15) is 12.1 Å². The predicted octanol–water partition coefficient (Wildman–Crippen LogP) is 3.97. The Kier molecular flexibility index (Phi) is 7.18. The van der Waals surface area contributed by atoms with Gasteiger partial charge in [0.05, 0.1) is 22.0 Å². The van der Waals surface area contributed by atoms with Crippen LogP contribution >= 0.6 is 11.6 Å². The van der Waals surface area contributed by atoms with Gasteiger partial charge in [-0.3, -0.25) is 15.0 Å². The van der Waals surface area contributed by atoms with Gasteiger partial charge in [-0.25, -0.2) is 24.3 Å². The molecule has 2 atom stereocenters. The average molecular weight is 516 g/mol. The summed E-state index contributed by atoms with van der Waals surface area (Å²) in [6.45, 7) is 5.47. The van der Waals surface area contributed by atoms with E-state index < -0.39 is 16.4 Å². The third-order valence-corrected chi connectivity index (χ3v) is 6.59. The lowest BCUT2D eigenvalue weighted by atomic mass is 10.0. The molecule has 1 aromatic carbocycles. The molecule has 0 radical (unpaired) electrons. The van der Waals surface area contributed by atoms with Gasteiger partial charge in [0.2, 0.25) is 16.9 Å². The summed E-state index contributed by atoms with van der Waals surface area (Å²) in [4.78, 5) is 33.5. The molecular weight excluding hydrogens is 489 g/mol. The maximum Gasteiger partial charge on any atom is 0.348 e. The number of rotatable bonds is 6. The van der Waals surface area contributed by atoms with E-state index in [1.807, 2.05) is 0 Å². The van der Waals surface area contributed by atoms with Crippen LogP contribution in [0.15, 0.2) is 30.7 Å². The molecule has 1 N–H and O–H groups in total. The van der Waals surface area contributed by atoms with Crippen molar-refractivity contribution in [2.45, 2.75) is 25.9 Å². The van der Waals surface area contributed by atoms with Crippen LogP contribution in [0.4, 0.5) is 33.2 Å². The molecule has 3 aromatic rings. The second-order valence-electron chi connectivity index (χ2n) is 9.00. The number of anilines is 4. The fourth-order valence-corrected chi connectivity index (χ4v) is 4.38. The summed E-state index contributed by atoms with van der Waals surface area (Å²) in [5, 5.41) is 14.4. The number of benzene rings is 1. The van der Waals surface area contributed by atoms with Crippen LogP contribution in [0, 0.1) is 15.9 Å². The number of hydrogen-bond donors (Lipinski definition) is 1. The van der Waals surface area contributed by atoms with Crippen molar-refractivity contribution in [3.63, 3.8) is 0 Å². The topological polar surface area (TPSA) is 116 Å². The SMILES string of the molecule is C[C@@H]1CN(c2cc(F)c(-c3ccnc(N(C)C)n3)cc2Nc2ncnc(Cl)c2[N+](=O)[O-])C[C@H](C)N1C. The number of piperazine rings is 1. The molecule has 0 bridgehead atoms. The first-order valence-electron chi connectivity index (χ1n) is 11.3. The van der Waals surface area contributed by atoms with E-state index in [4.69, 9.17) is 11.6 Å². The fraction of sp³-hybridized carbons (Fsp3) is 0.391. The second-order valence-corrected chi connectivity index (χ2v) is 9.36. The zero-order chi connectivity index (χ0) is 26.1. The number of halogens is 2. The average Bonchev–Trinajstić information content (AvgIpc) is 2.83. The van der Waals surface area contributed by atoms with Gasteiger partial charge < -0.3 is 15.1 Å². The highest BCUT2D eigenvalue weighted by atomic mass is 35.5. The largest absolute Gasteiger partial charge is 0.367 e. The van der Waals surface area contributed by atoms with Gasteiger partial charge in [0.25, 0.3) is 0 Å². The molecule has 1 fully saturated rings. The lowest BCUT2D eigenvalue weighted by Crippen LogP contribution is -2.55. The molecule has 4 rings (SSSR count). The number of likely N-dealkylation sites (N-methyl/N-ethyl adjacent to an activating group) is 1. The van der Waals surface area contributed by atoms with Gasteiger partial charge in [-0.05, 0) is 39.1 Å². The Labute approximate surface area is 213 Å². The van der Waals surface area contributed by atoms with Crippen molar-refractivity contribution in [2.75, 3.05) is 49.3 Å². The third-order valence-electron chi connectivity index (χ3n) is 6.32. The van der Waals surface area contributed by atoms with Crippen LogP contribution in [-0.2, 0) is 0 Å². The minimum absolute atomic E-state index is 0.0919. The maximum atomic E-state index is 15.6. The standard InChI is InChI=1S/C23H27ClFN9O2/c1-13-10-33(11-14(2)32(13)5)19-9-16(25)15(17-6-7-26-23(30-17)31(3)4)8-18(19)29-22-20(34(35)36)21(24)27-12-28-22/h6-9,12-14H,10-11H2,1-5H3,(H,27,28,29)/t13-,14+. The van der Waals surface area contributed by atoms with Crippen molar-refractivity contribution in [1.29, 1.82) is 0 Å². The lowest BCUT2D eigenvalue weighted by molar-refractivity contribution is -0.384. The molecule has 2 aromatic heterocycles. The molecule has 11 nitrogen and oxygen atoms in total. The Morgan fingerprint density at radius 3 is 2.53 bits per heavy atom. The Balaban J connectivity index is 1.86. The molecule has 36 heavy (non-hydrogen) atoms. The van der Waals surface area contributed by atoms with E-state index in [0.717, 1.165) is 6.33 Å². The van der Waals surface area contributed by atoms with Gasteiger partial charge in [-0.2, -0.15) is 0 Å².